The van der Waals surface area contributed by atoms with E-state index in [2.05, 4.69) is 25.9 Å². The van der Waals surface area contributed by atoms with Crippen molar-refractivity contribution in [2.75, 3.05) is 36.1 Å². The average Bonchev–Trinajstić information content (AvgIpc) is 3.24. The second-order valence-corrected chi connectivity index (χ2v) is 12.0. The lowest BCUT2D eigenvalue weighted by molar-refractivity contribution is -0.123. The van der Waals surface area contributed by atoms with Gasteiger partial charge in [-0.25, -0.2) is 17.2 Å². The summed E-state index contributed by atoms with van der Waals surface area (Å²) in [4.78, 5) is 20.0. The van der Waals surface area contributed by atoms with E-state index in [9.17, 15) is 13.2 Å². The molecule has 1 saturated carbocycles. The third-order valence-corrected chi connectivity index (χ3v) is 8.52. The topological polar surface area (TPSA) is 141 Å². The Balaban J connectivity index is 1.21. The van der Waals surface area contributed by atoms with Crippen LogP contribution in [0.3, 0.4) is 0 Å². The molecule has 3 N–H and O–H groups in total. The van der Waals surface area contributed by atoms with E-state index in [1.807, 2.05) is 29.3 Å². The van der Waals surface area contributed by atoms with Crippen LogP contribution in [0.5, 0.6) is 0 Å². The summed E-state index contributed by atoms with van der Waals surface area (Å²) in [5.41, 5.74) is 1.95. The summed E-state index contributed by atoms with van der Waals surface area (Å²) in [6, 6.07) is 5.25. The first kappa shape index (κ1) is 23.2. The minimum absolute atomic E-state index is 0.111. The van der Waals surface area contributed by atoms with Crippen LogP contribution in [-0.2, 0) is 14.8 Å². The number of carbonyl (C=O) groups excluding carboxylic acids is 1. The fraction of sp³-hybridized carbons (Fsp3) is 0.565. The van der Waals surface area contributed by atoms with Crippen LogP contribution in [0.15, 0.2) is 24.4 Å². The maximum Gasteiger partial charge on any atom is 0.246 e. The molecule has 5 heterocycles. The van der Waals surface area contributed by atoms with Gasteiger partial charge < -0.3 is 15.5 Å². The summed E-state index contributed by atoms with van der Waals surface area (Å²) in [6.45, 7) is 1.47. The van der Waals surface area contributed by atoms with Crippen molar-refractivity contribution in [3.63, 3.8) is 0 Å². The molecule has 3 fully saturated rings. The van der Waals surface area contributed by atoms with Gasteiger partial charge in [0.25, 0.3) is 0 Å². The van der Waals surface area contributed by atoms with E-state index in [4.69, 9.17) is 4.98 Å². The maximum absolute atomic E-state index is 13.3. The number of piperidine rings is 1. The van der Waals surface area contributed by atoms with Crippen LogP contribution in [0.25, 0.3) is 5.52 Å². The van der Waals surface area contributed by atoms with E-state index in [-0.39, 0.29) is 11.9 Å². The van der Waals surface area contributed by atoms with Gasteiger partial charge in [0.2, 0.25) is 21.9 Å². The third-order valence-electron chi connectivity index (χ3n) is 7.25. The Bertz CT molecular complexity index is 1380. The minimum atomic E-state index is -3.28. The number of hydrogen-bond donors (Lipinski definition) is 3. The predicted molar refractivity (Wildman–Crippen MR) is 135 cm³/mol. The molecule has 2 atom stereocenters. The third kappa shape index (κ3) is 4.64. The number of nitrogens with zero attached hydrogens (tertiary/aromatic N) is 6. The molecule has 2 aliphatic heterocycles. The fourth-order valence-electron chi connectivity index (χ4n) is 5.20. The Morgan fingerprint density at radius 3 is 2.81 bits per heavy atom. The Morgan fingerprint density at radius 1 is 1.17 bits per heavy atom. The zero-order valence-electron chi connectivity index (χ0n) is 20.2. The quantitative estimate of drug-likeness (QED) is 0.433. The highest BCUT2D eigenvalue weighted by Gasteiger charge is 2.35. The van der Waals surface area contributed by atoms with E-state index in [1.165, 1.54) is 23.4 Å². The molecule has 12 nitrogen and oxygen atoms in total. The smallest absolute Gasteiger partial charge is 0.246 e. The van der Waals surface area contributed by atoms with Gasteiger partial charge in [0, 0.05) is 49.6 Å². The molecular weight excluding hydrogens is 482 g/mol. The molecule has 6 rings (SSSR count). The van der Waals surface area contributed by atoms with Gasteiger partial charge in [-0.1, -0.05) is 0 Å². The molecule has 1 amide bonds. The highest BCUT2D eigenvalue weighted by Crippen LogP contribution is 2.39. The summed E-state index contributed by atoms with van der Waals surface area (Å²) in [6.07, 6.45) is 8.47. The van der Waals surface area contributed by atoms with Crippen molar-refractivity contribution in [1.82, 2.24) is 34.4 Å². The summed E-state index contributed by atoms with van der Waals surface area (Å²) in [7, 11) is -3.28. The van der Waals surface area contributed by atoms with E-state index in [0.29, 0.717) is 49.6 Å². The van der Waals surface area contributed by atoms with E-state index in [0.717, 1.165) is 30.5 Å². The van der Waals surface area contributed by atoms with Crippen LogP contribution < -0.4 is 15.5 Å². The second-order valence-electron chi connectivity index (χ2n) is 10.0. The molecule has 1 unspecified atom stereocenters. The van der Waals surface area contributed by atoms with Crippen molar-refractivity contribution < 1.29 is 13.2 Å². The number of nitrogens with one attached hydrogen (secondary N) is 3. The molecule has 3 aromatic rings. The number of sulfonamides is 1. The number of aromatic nitrogens is 5. The summed E-state index contributed by atoms with van der Waals surface area (Å²) in [5, 5.41) is 18.6. The zero-order valence-corrected chi connectivity index (χ0v) is 21.0. The highest BCUT2D eigenvalue weighted by atomic mass is 32.2. The lowest BCUT2D eigenvalue weighted by Crippen LogP contribution is -2.53. The molecule has 0 radical (unpaired) electrons. The number of carbonyl (C=O) groups is 1. The van der Waals surface area contributed by atoms with E-state index in [1.54, 1.807) is 4.52 Å². The van der Waals surface area contributed by atoms with Gasteiger partial charge in [-0.05, 0) is 50.7 Å². The number of fused-ring (bicyclic) bond motifs is 1. The van der Waals surface area contributed by atoms with Crippen molar-refractivity contribution in [3.8, 4) is 0 Å². The Hall–Kier alpha value is -3.19. The molecule has 2 saturated heterocycles. The molecule has 0 aromatic carbocycles. The Labute approximate surface area is 209 Å². The molecule has 192 valence electrons. The second kappa shape index (κ2) is 9.04. The van der Waals surface area contributed by atoms with Crippen molar-refractivity contribution in [3.05, 3.63) is 30.1 Å². The lowest BCUT2D eigenvalue weighted by Gasteiger charge is -2.33. The van der Waals surface area contributed by atoms with Crippen LogP contribution in [0, 0.1) is 0 Å². The van der Waals surface area contributed by atoms with Gasteiger partial charge in [0.15, 0.2) is 11.6 Å². The number of hydrogen-bond acceptors (Lipinski definition) is 8. The molecule has 36 heavy (non-hydrogen) atoms. The zero-order chi connectivity index (χ0) is 24.9. The maximum atomic E-state index is 13.3. The SMILES string of the molecule is CS(=O)(=O)N1CCCC(NC(=O)[C@@H]2CCCN2c2nc(Nc3cc(C4CC4)[nH]n3)c3cccn3n2)C1. The minimum Gasteiger partial charge on any atom is -0.350 e. The fourth-order valence-corrected chi connectivity index (χ4v) is 6.11. The number of rotatable bonds is 7. The van der Waals surface area contributed by atoms with Gasteiger partial charge in [-0.2, -0.15) is 10.1 Å². The van der Waals surface area contributed by atoms with Crippen molar-refractivity contribution in [1.29, 1.82) is 0 Å². The van der Waals surface area contributed by atoms with Crippen LogP contribution >= 0.6 is 0 Å². The van der Waals surface area contributed by atoms with Crippen molar-refractivity contribution >= 4 is 39.0 Å². The van der Waals surface area contributed by atoms with E-state index >= 15 is 0 Å². The van der Waals surface area contributed by atoms with Gasteiger partial charge in [0.05, 0.1) is 6.26 Å². The molecule has 3 aromatic heterocycles. The van der Waals surface area contributed by atoms with Gasteiger partial charge in [0.1, 0.15) is 11.6 Å². The van der Waals surface area contributed by atoms with Crippen LogP contribution in [0.2, 0.25) is 0 Å². The monoisotopic (exact) mass is 513 g/mol. The Morgan fingerprint density at radius 2 is 2.00 bits per heavy atom. The number of aromatic amines is 1. The van der Waals surface area contributed by atoms with Crippen LogP contribution in [-0.4, -0.2) is 81.4 Å². The van der Waals surface area contributed by atoms with Crippen LogP contribution in [0.1, 0.15) is 50.1 Å². The summed E-state index contributed by atoms with van der Waals surface area (Å²) in [5.74, 6) is 2.26. The summed E-state index contributed by atoms with van der Waals surface area (Å²) >= 11 is 0. The Kier molecular flexibility index (Phi) is 5.83. The van der Waals surface area contributed by atoms with Crippen LogP contribution in [0.4, 0.5) is 17.6 Å². The molecule has 0 spiro atoms. The number of H-pyrrole nitrogens is 1. The lowest BCUT2D eigenvalue weighted by atomic mass is 10.1. The normalized spacial score (nSPS) is 23.3. The van der Waals surface area contributed by atoms with Gasteiger partial charge >= 0.3 is 0 Å². The van der Waals surface area contributed by atoms with Gasteiger partial charge in [-0.15, -0.1) is 5.10 Å². The van der Waals surface area contributed by atoms with E-state index < -0.39 is 16.1 Å². The van der Waals surface area contributed by atoms with Crippen molar-refractivity contribution in [2.45, 2.75) is 56.5 Å². The molecule has 1 aliphatic carbocycles. The summed E-state index contributed by atoms with van der Waals surface area (Å²) < 4.78 is 27.1. The molecular formula is C23H31N9O3S. The van der Waals surface area contributed by atoms with Crippen molar-refractivity contribution in [2.24, 2.45) is 0 Å². The first-order valence-electron chi connectivity index (χ1n) is 12.5. The highest BCUT2D eigenvalue weighted by molar-refractivity contribution is 7.88. The molecule has 0 bridgehead atoms. The number of anilines is 3. The average molecular weight is 514 g/mol. The standard InChI is InChI=1S/C23H31N9O3S/c1-36(34,35)30-10-2-5-16(14-30)24-22(33)19-7-3-11-31(19)23-26-21(18-6-4-12-32(18)29-23)25-20-13-17(27-28-20)15-8-9-15/h4,6,12-13,15-16,19H,2-3,5,7-11,14H2,1H3,(H,24,33)(H2,25,26,27,28,29)/t16?,19-/m0/s1. The first-order chi connectivity index (χ1) is 17.3. The molecule has 3 aliphatic rings. The molecule has 13 heteroatoms. The first-order valence-corrected chi connectivity index (χ1v) is 14.4. The number of amides is 1. The predicted octanol–water partition coefficient (Wildman–Crippen LogP) is 1.58. The largest absolute Gasteiger partial charge is 0.350 e. The van der Waals surface area contributed by atoms with Gasteiger partial charge in [-0.3, -0.25) is 9.89 Å².